The molecule has 0 aromatic heterocycles. The predicted molar refractivity (Wildman–Crippen MR) is 95.4 cm³/mol. The monoisotopic (exact) mass is 311 g/mol. The Labute approximate surface area is 138 Å². The van der Waals surface area contributed by atoms with E-state index in [9.17, 15) is 4.79 Å². The van der Waals surface area contributed by atoms with Gasteiger partial charge in [-0.1, -0.05) is 43.7 Å². The molecule has 1 amide bonds. The highest BCUT2D eigenvalue weighted by Crippen LogP contribution is 2.21. The van der Waals surface area contributed by atoms with E-state index >= 15 is 0 Å². The molecule has 2 aromatic carbocycles. The van der Waals surface area contributed by atoms with Gasteiger partial charge in [-0.3, -0.25) is 4.79 Å². The van der Waals surface area contributed by atoms with Crippen molar-refractivity contribution in [3.05, 3.63) is 42.5 Å². The molecule has 2 aromatic rings. The number of quaternary nitrogens is 1. The molecule has 1 aliphatic rings. The van der Waals surface area contributed by atoms with Gasteiger partial charge in [-0.25, -0.2) is 0 Å². The van der Waals surface area contributed by atoms with Gasteiger partial charge in [-0.2, -0.15) is 0 Å². The van der Waals surface area contributed by atoms with Gasteiger partial charge in [0.2, 0.25) is 0 Å². The predicted octanol–water partition coefficient (Wildman–Crippen LogP) is 3.31. The van der Waals surface area contributed by atoms with E-state index in [2.05, 4.69) is 35.8 Å². The number of amides is 1. The molecule has 0 spiro atoms. The van der Waals surface area contributed by atoms with E-state index in [4.69, 9.17) is 0 Å². The standard InChI is InChI=1S/C20H26N2O/c1-14-7-3-6-10-19(14)21-15(2)20(23)22-18-12-11-16-8-4-5-9-17(16)13-18/h4-5,8-9,11-15,19,21H,3,6-7,10H2,1-2H3,(H,22,23)/p+1/t14-,15+,19-/m1/s1. The Morgan fingerprint density at radius 3 is 2.65 bits per heavy atom. The quantitative estimate of drug-likeness (QED) is 0.894. The van der Waals surface area contributed by atoms with Crippen LogP contribution >= 0.6 is 0 Å². The molecule has 23 heavy (non-hydrogen) atoms. The van der Waals surface area contributed by atoms with Crippen LogP contribution in [0.1, 0.15) is 39.5 Å². The summed E-state index contributed by atoms with van der Waals surface area (Å²) in [5.74, 6) is 0.803. The van der Waals surface area contributed by atoms with Gasteiger partial charge in [-0.05, 0) is 49.1 Å². The number of benzene rings is 2. The summed E-state index contributed by atoms with van der Waals surface area (Å²) < 4.78 is 0. The van der Waals surface area contributed by atoms with Gasteiger partial charge in [0.25, 0.3) is 5.91 Å². The summed E-state index contributed by atoms with van der Waals surface area (Å²) in [6.45, 7) is 4.33. The van der Waals surface area contributed by atoms with E-state index in [-0.39, 0.29) is 11.9 Å². The first-order chi connectivity index (χ1) is 11.1. The van der Waals surface area contributed by atoms with Crippen molar-refractivity contribution in [2.75, 3.05) is 5.32 Å². The number of nitrogens with one attached hydrogen (secondary N) is 1. The minimum absolute atomic E-state index is 0.0491. The molecule has 0 saturated heterocycles. The van der Waals surface area contributed by atoms with Crippen LogP contribution in [0.3, 0.4) is 0 Å². The lowest BCUT2D eigenvalue weighted by Gasteiger charge is -2.28. The number of rotatable bonds is 4. The zero-order valence-electron chi connectivity index (χ0n) is 14.1. The van der Waals surface area contributed by atoms with Crippen LogP contribution < -0.4 is 10.6 Å². The highest BCUT2D eigenvalue weighted by atomic mass is 16.2. The summed E-state index contributed by atoms with van der Waals surface area (Å²) in [7, 11) is 0. The molecule has 1 aliphatic carbocycles. The summed E-state index contributed by atoms with van der Waals surface area (Å²) in [6, 6.07) is 14.8. The van der Waals surface area contributed by atoms with Gasteiger partial charge in [0, 0.05) is 11.6 Å². The van der Waals surface area contributed by atoms with Crippen LogP contribution in [0, 0.1) is 5.92 Å². The third kappa shape index (κ3) is 3.91. The van der Waals surface area contributed by atoms with Crippen molar-refractivity contribution < 1.29 is 10.1 Å². The molecule has 0 heterocycles. The van der Waals surface area contributed by atoms with Crippen LogP contribution in [0.5, 0.6) is 0 Å². The second-order valence-electron chi connectivity index (χ2n) is 6.96. The molecular formula is C20H27N2O+. The highest BCUT2D eigenvalue weighted by molar-refractivity contribution is 5.96. The lowest BCUT2D eigenvalue weighted by molar-refractivity contribution is -0.714. The third-order valence-corrected chi connectivity index (χ3v) is 5.14. The van der Waals surface area contributed by atoms with Gasteiger partial charge >= 0.3 is 0 Å². The summed E-state index contributed by atoms with van der Waals surface area (Å²) in [5, 5.41) is 7.68. The molecule has 3 rings (SSSR count). The maximum absolute atomic E-state index is 12.5. The van der Waals surface area contributed by atoms with Crippen molar-refractivity contribution in [2.45, 2.75) is 51.6 Å². The molecule has 1 saturated carbocycles. The minimum atomic E-state index is -0.0491. The minimum Gasteiger partial charge on any atom is -0.334 e. The average Bonchev–Trinajstić information content (AvgIpc) is 2.56. The molecule has 3 heteroatoms. The molecule has 3 N–H and O–H groups in total. The zero-order valence-corrected chi connectivity index (χ0v) is 14.1. The van der Waals surface area contributed by atoms with Crippen molar-refractivity contribution in [1.82, 2.24) is 0 Å². The van der Waals surface area contributed by atoms with Crippen LogP contribution in [-0.4, -0.2) is 18.0 Å². The number of carbonyl (C=O) groups is 1. The molecule has 1 fully saturated rings. The van der Waals surface area contributed by atoms with E-state index in [1.807, 2.05) is 31.2 Å². The Bertz CT molecular complexity index is 682. The first kappa shape index (κ1) is 16.0. The topological polar surface area (TPSA) is 45.7 Å². The number of hydrogen-bond donors (Lipinski definition) is 2. The largest absolute Gasteiger partial charge is 0.334 e. The van der Waals surface area contributed by atoms with E-state index in [0.717, 1.165) is 11.1 Å². The Balaban J connectivity index is 1.62. The fourth-order valence-electron chi connectivity index (χ4n) is 3.61. The summed E-state index contributed by atoms with van der Waals surface area (Å²) >= 11 is 0. The molecule has 0 radical (unpaired) electrons. The lowest BCUT2D eigenvalue weighted by Crippen LogP contribution is -2.97. The van der Waals surface area contributed by atoms with Crippen molar-refractivity contribution >= 4 is 22.4 Å². The smallest absolute Gasteiger partial charge is 0.282 e. The lowest BCUT2D eigenvalue weighted by atomic mass is 9.85. The Kier molecular flexibility index (Phi) is 4.97. The summed E-state index contributed by atoms with van der Waals surface area (Å²) in [6.07, 6.45) is 5.16. The molecule has 122 valence electrons. The van der Waals surface area contributed by atoms with Gasteiger partial charge in [0.1, 0.15) is 0 Å². The van der Waals surface area contributed by atoms with E-state index in [1.165, 1.54) is 31.1 Å². The summed E-state index contributed by atoms with van der Waals surface area (Å²) in [5.41, 5.74) is 0.880. The molecular weight excluding hydrogens is 284 g/mol. The molecule has 3 nitrogen and oxygen atoms in total. The summed E-state index contributed by atoms with van der Waals surface area (Å²) in [4.78, 5) is 12.5. The van der Waals surface area contributed by atoms with Crippen LogP contribution in [0.25, 0.3) is 10.8 Å². The van der Waals surface area contributed by atoms with Crippen LogP contribution in [0.4, 0.5) is 5.69 Å². The maximum atomic E-state index is 12.5. The van der Waals surface area contributed by atoms with Gasteiger partial charge in [-0.15, -0.1) is 0 Å². The van der Waals surface area contributed by atoms with Gasteiger partial charge < -0.3 is 10.6 Å². The fourth-order valence-corrected chi connectivity index (χ4v) is 3.61. The Hall–Kier alpha value is -1.87. The molecule has 0 aliphatic heterocycles. The van der Waals surface area contributed by atoms with Crippen LogP contribution in [-0.2, 0) is 4.79 Å². The zero-order chi connectivity index (χ0) is 16.2. The number of fused-ring (bicyclic) bond motifs is 1. The maximum Gasteiger partial charge on any atom is 0.282 e. The number of anilines is 1. The number of hydrogen-bond acceptors (Lipinski definition) is 1. The average molecular weight is 311 g/mol. The normalized spacial score (nSPS) is 22.7. The Morgan fingerprint density at radius 1 is 1.13 bits per heavy atom. The van der Waals surface area contributed by atoms with Crippen molar-refractivity contribution in [3.63, 3.8) is 0 Å². The van der Waals surface area contributed by atoms with E-state index < -0.39 is 0 Å². The Morgan fingerprint density at radius 2 is 1.87 bits per heavy atom. The van der Waals surface area contributed by atoms with Gasteiger partial charge in [0.05, 0.1) is 6.04 Å². The number of carbonyl (C=O) groups excluding carboxylic acids is 1. The van der Waals surface area contributed by atoms with Crippen LogP contribution in [0.15, 0.2) is 42.5 Å². The molecule has 3 atom stereocenters. The fraction of sp³-hybridized carbons (Fsp3) is 0.450. The molecule has 0 unspecified atom stereocenters. The van der Waals surface area contributed by atoms with Gasteiger partial charge in [0.15, 0.2) is 6.04 Å². The number of nitrogens with two attached hydrogens (primary N) is 1. The van der Waals surface area contributed by atoms with E-state index in [1.54, 1.807) is 0 Å². The van der Waals surface area contributed by atoms with Crippen molar-refractivity contribution in [2.24, 2.45) is 5.92 Å². The second-order valence-corrected chi connectivity index (χ2v) is 6.96. The SMILES string of the molecule is C[C@H]([NH2+][C@@H]1CCCC[C@H]1C)C(=O)Nc1ccc2ccccc2c1. The van der Waals surface area contributed by atoms with Crippen LogP contribution in [0.2, 0.25) is 0 Å². The first-order valence-corrected chi connectivity index (χ1v) is 8.78. The second kappa shape index (κ2) is 7.14. The first-order valence-electron chi connectivity index (χ1n) is 8.78. The van der Waals surface area contributed by atoms with Crippen molar-refractivity contribution in [3.8, 4) is 0 Å². The van der Waals surface area contributed by atoms with E-state index in [0.29, 0.717) is 12.0 Å². The molecule has 0 bridgehead atoms. The highest BCUT2D eigenvalue weighted by Gasteiger charge is 2.28. The third-order valence-electron chi connectivity index (χ3n) is 5.14. The van der Waals surface area contributed by atoms with Crippen molar-refractivity contribution in [1.29, 1.82) is 0 Å².